The first-order chi connectivity index (χ1) is 15.7. The molecule has 1 aliphatic heterocycles. The number of carboxylic acid groups (broad SMARTS) is 1. The minimum Gasteiger partial charge on any atom is -0.481 e. The number of aliphatic carboxylic acids is 1. The van der Waals surface area contributed by atoms with E-state index in [4.69, 9.17) is 5.11 Å². The molecule has 0 radical (unpaired) electrons. The summed E-state index contributed by atoms with van der Waals surface area (Å²) >= 11 is 0. The van der Waals surface area contributed by atoms with Gasteiger partial charge in [0, 0.05) is 25.2 Å². The highest BCUT2D eigenvalue weighted by molar-refractivity contribution is 5.66. The number of anilines is 1. The number of benzene rings is 1. The molecule has 2 aromatic rings. The number of carbonyl (C=O) groups is 1. The molecule has 5 nitrogen and oxygen atoms in total. The van der Waals surface area contributed by atoms with Gasteiger partial charge in [0.25, 0.3) is 0 Å². The Balaban J connectivity index is 1.63. The lowest BCUT2D eigenvalue weighted by Crippen LogP contribution is -2.45. The summed E-state index contributed by atoms with van der Waals surface area (Å²) in [5.74, 6) is 0.309. The maximum atomic E-state index is 10.9. The molecule has 1 aromatic heterocycles. The van der Waals surface area contributed by atoms with Crippen LogP contribution >= 0.6 is 0 Å². The van der Waals surface area contributed by atoms with Crippen LogP contribution in [0, 0.1) is 0 Å². The van der Waals surface area contributed by atoms with Gasteiger partial charge in [-0.1, -0.05) is 52.0 Å². The molecular formula is C28H39N3O2. The molecule has 1 fully saturated rings. The van der Waals surface area contributed by atoms with Crippen molar-refractivity contribution in [1.29, 1.82) is 0 Å². The van der Waals surface area contributed by atoms with Crippen LogP contribution in [-0.2, 0) is 15.6 Å². The van der Waals surface area contributed by atoms with Gasteiger partial charge in [-0.3, -0.25) is 4.79 Å². The highest BCUT2D eigenvalue weighted by Gasteiger charge is 2.38. The lowest BCUT2D eigenvalue weighted by molar-refractivity contribution is -0.137. The molecule has 2 aliphatic rings. The Labute approximate surface area is 198 Å². The van der Waals surface area contributed by atoms with Crippen molar-refractivity contribution in [2.75, 3.05) is 18.0 Å². The highest BCUT2D eigenvalue weighted by atomic mass is 16.4. The fourth-order valence-electron chi connectivity index (χ4n) is 5.62. The maximum Gasteiger partial charge on any atom is 0.303 e. The van der Waals surface area contributed by atoms with Crippen LogP contribution in [0.25, 0.3) is 0 Å². The van der Waals surface area contributed by atoms with Gasteiger partial charge < -0.3 is 15.3 Å². The number of hydrogen-bond acceptors (Lipinski definition) is 4. The first-order valence-corrected chi connectivity index (χ1v) is 12.5. The largest absolute Gasteiger partial charge is 0.481 e. The van der Waals surface area contributed by atoms with Gasteiger partial charge in [0.05, 0.1) is 6.04 Å². The van der Waals surface area contributed by atoms with Gasteiger partial charge in [0.15, 0.2) is 0 Å². The molecule has 0 spiro atoms. The molecule has 1 aliphatic carbocycles. The van der Waals surface area contributed by atoms with E-state index < -0.39 is 5.97 Å². The molecule has 2 N–H and O–H groups in total. The van der Waals surface area contributed by atoms with Crippen LogP contribution in [0.15, 0.2) is 42.6 Å². The Morgan fingerprint density at radius 2 is 1.88 bits per heavy atom. The molecule has 33 heavy (non-hydrogen) atoms. The Kier molecular flexibility index (Phi) is 6.81. The molecule has 0 amide bonds. The molecule has 2 atom stereocenters. The predicted molar refractivity (Wildman–Crippen MR) is 134 cm³/mol. The number of hydrogen-bond donors (Lipinski definition) is 2. The molecule has 0 bridgehead atoms. The smallest absolute Gasteiger partial charge is 0.303 e. The van der Waals surface area contributed by atoms with Crippen molar-refractivity contribution in [3.8, 4) is 0 Å². The van der Waals surface area contributed by atoms with Crippen LogP contribution in [0.5, 0.6) is 0 Å². The summed E-state index contributed by atoms with van der Waals surface area (Å²) in [4.78, 5) is 18.0. The van der Waals surface area contributed by atoms with Crippen LogP contribution in [0.1, 0.15) is 89.0 Å². The standard InChI is InChI=1S/C28H39N3O2/c1-27(2)13-14-28(3,4)23-18-20(10-11-22(23)27)24-19-21(29-16-7-9-26(32)33)12-17-31(24)25-8-5-6-15-30-25/h5-6,8,10-11,15,18,21,24,29H,7,9,12-14,16-17,19H2,1-4H3,(H,32,33). The molecule has 1 aromatic carbocycles. The van der Waals surface area contributed by atoms with Crippen LogP contribution in [-0.4, -0.2) is 35.2 Å². The van der Waals surface area contributed by atoms with Crippen molar-refractivity contribution in [2.45, 2.75) is 89.1 Å². The summed E-state index contributed by atoms with van der Waals surface area (Å²) in [5.41, 5.74) is 4.74. The zero-order chi connectivity index (χ0) is 23.6. The minimum atomic E-state index is -0.723. The summed E-state index contributed by atoms with van der Waals surface area (Å²) in [6.07, 6.45) is 7.22. The molecular weight excluding hydrogens is 410 g/mol. The predicted octanol–water partition coefficient (Wildman–Crippen LogP) is 5.60. The first kappa shape index (κ1) is 23.7. The molecule has 2 unspecified atom stereocenters. The summed E-state index contributed by atoms with van der Waals surface area (Å²) in [5, 5.41) is 12.6. The van der Waals surface area contributed by atoms with E-state index in [0.29, 0.717) is 12.5 Å². The minimum absolute atomic E-state index is 0.180. The molecule has 1 saturated heterocycles. The highest BCUT2D eigenvalue weighted by Crippen LogP contribution is 2.47. The van der Waals surface area contributed by atoms with E-state index in [-0.39, 0.29) is 23.3 Å². The van der Waals surface area contributed by atoms with Crippen molar-refractivity contribution >= 4 is 11.8 Å². The monoisotopic (exact) mass is 449 g/mol. The lowest BCUT2D eigenvalue weighted by atomic mass is 9.62. The number of pyridine rings is 1. The third kappa shape index (κ3) is 5.24. The van der Waals surface area contributed by atoms with Crippen LogP contribution in [0.4, 0.5) is 5.82 Å². The van der Waals surface area contributed by atoms with Gasteiger partial charge in [-0.25, -0.2) is 4.98 Å². The third-order valence-electron chi connectivity index (χ3n) is 7.81. The zero-order valence-corrected chi connectivity index (χ0v) is 20.6. The van der Waals surface area contributed by atoms with E-state index in [1.807, 2.05) is 12.3 Å². The second-order valence-electron chi connectivity index (χ2n) is 11.1. The van der Waals surface area contributed by atoms with Crippen molar-refractivity contribution in [2.24, 2.45) is 0 Å². The van der Waals surface area contributed by atoms with Gasteiger partial charge in [-0.15, -0.1) is 0 Å². The van der Waals surface area contributed by atoms with Gasteiger partial charge in [-0.2, -0.15) is 0 Å². The molecule has 5 heteroatoms. The summed E-state index contributed by atoms with van der Waals surface area (Å²) < 4.78 is 0. The first-order valence-electron chi connectivity index (χ1n) is 12.5. The molecule has 4 rings (SSSR count). The summed E-state index contributed by atoms with van der Waals surface area (Å²) in [6.45, 7) is 11.2. The van der Waals surface area contributed by atoms with Crippen molar-refractivity contribution in [3.63, 3.8) is 0 Å². The SMILES string of the molecule is CC1(C)CCC(C)(C)c2cc(C3CC(NCCCC(=O)O)CCN3c3ccccn3)ccc21. The van der Waals surface area contributed by atoms with Gasteiger partial charge in [0.1, 0.15) is 5.82 Å². The van der Waals surface area contributed by atoms with Crippen LogP contribution < -0.4 is 10.2 Å². The van der Waals surface area contributed by atoms with Crippen LogP contribution in [0.3, 0.4) is 0 Å². The van der Waals surface area contributed by atoms with E-state index in [2.05, 4.69) is 73.2 Å². The summed E-state index contributed by atoms with van der Waals surface area (Å²) in [6, 6.07) is 14.0. The van der Waals surface area contributed by atoms with Crippen molar-refractivity contribution in [3.05, 3.63) is 59.3 Å². The number of nitrogens with zero attached hydrogens (tertiary/aromatic N) is 2. The Morgan fingerprint density at radius 3 is 2.58 bits per heavy atom. The molecule has 178 valence electrons. The van der Waals surface area contributed by atoms with Crippen LogP contribution in [0.2, 0.25) is 0 Å². The average molecular weight is 450 g/mol. The number of rotatable bonds is 7. The Bertz CT molecular complexity index is 970. The Hall–Kier alpha value is -2.40. The van der Waals surface area contributed by atoms with E-state index >= 15 is 0 Å². The van der Waals surface area contributed by atoms with E-state index in [1.165, 1.54) is 29.5 Å². The van der Waals surface area contributed by atoms with E-state index in [1.54, 1.807) is 0 Å². The number of aromatic nitrogens is 1. The van der Waals surface area contributed by atoms with Gasteiger partial charge in [-0.05, 0) is 78.3 Å². The molecule has 0 saturated carbocycles. The third-order valence-corrected chi connectivity index (χ3v) is 7.81. The second kappa shape index (κ2) is 9.46. The van der Waals surface area contributed by atoms with Crippen molar-refractivity contribution < 1.29 is 9.90 Å². The maximum absolute atomic E-state index is 10.9. The number of carboxylic acids is 1. The number of piperidine rings is 1. The molecule has 2 heterocycles. The number of nitrogens with one attached hydrogen (secondary N) is 1. The van der Waals surface area contributed by atoms with Gasteiger partial charge >= 0.3 is 5.97 Å². The number of fused-ring (bicyclic) bond motifs is 1. The fraction of sp³-hybridized carbons (Fsp3) is 0.571. The van der Waals surface area contributed by atoms with E-state index in [0.717, 1.165) is 31.7 Å². The van der Waals surface area contributed by atoms with Gasteiger partial charge in [0.2, 0.25) is 0 Å². The zero-order valence-electron chi connectivity index (χ0n) is 20.6. The fourth-order valence-corrected chi connectivity index (χ4v) is 5.62. The normalized spacial score (nSPS) is 23.7. The quantitative estimate of drug-likeness (QED) is 0.539. The van der Waals surface area contributed by atoms with Crippen molar-refractivity contribution in [1.82, 2.24) is 10.3 Å². The summed E-state index contributed by atoms with van der Waals surface area (Å²) in [7, 11) is 0. The lowest BCUT2D eigenvalue weighted by Gasteiger charge is -2.44. The second-order valence-corrected chi connectivity index (χ2v) is 11.1. The van der Waals surface area contributed by atoms with E-state index in [9.17, 15) is 4.79 Å². The topological polar surface area (TPSA) is 65.5 Å². The average Bonchev–Trinajstić information content (AvgIpc) is 2.80. The Morgan fingerprint density at radius 1 is 1.12 bits per heavy atom.